The van der Waals surface area contributed by atoms with E-state index in [0.717, 1.165) is 36.5 Å². The molecule has 2 heterocycles. The maximum Gasteiger partial charge on any atom is 0.416 e. The molecule has 4 nitrogen and oxygen atoms in total. The van der Waals surface area contributed by atoms with E-state index in [-0.39, 0.29) is 17.4 Å². The van der Waals surface area contributed by atoms with E-state index in [1.54, 1.807) is 11.1 Å². The molecule has 1 fully saturated rings. The third kappa shape index (κ3) is 3.44. The molecule has 1 aromatic heterocycles. The second-order valence-corrected chi connectivity index (χ2v) is 6.12. The molecule has 1 N–H and O–H groups in total. The lowest BCUT2D eigenvalue weighted by Gasteiger charge is -2.32. The number of imidazole rings is 1. The summed E-state index contributed by atoms with van der Waals surface area (Å²) in [5.74, 6) is 0.547. The molecular weight excluding hydrogens is 319 g/mol. The summed E-state index contributed by atoms with van der Waals surface area (Å²) in [5, 5.41) is 0. The smallest absolute Gasteiger partial charge is 0.346 e. The topological polar surface area (TPSA) is 49.0 Å². The number of alkyl halides is 3. The molecule has 0 spiro atoms. The van der Waals surface area contributed by atoms with E-state index in [1.807, 2.05) is 6.92 Å². The Morgan fingerprint density at radius 3 is 2.83 bits per heavy atom. The van der Waals surface area contributed by atoms with Crippen molar-refractivity contribution in [1.82, 2.24) is 14.9 Å². The van der Waals surface area contributed by atoms with Gasteiger partial charge in [0.25, 0.3) is 5.91 Å². The third-order valence-electron chi connectivity index (χ3n) is 4.25. The highest BCUT2D eigenvalue weighted by atomic mass is 19.4. The van der Waals surface area contributed by atoms with Crippen molar-refractivity contribution < 1.29 is 18.0 Å². The average molecular weight is 337 g/mol. The number of benzene rings is 1. The van der Waals surface area contributed by atoms with Crippen molar-refractivity contribution in [2.45, 2.75) is 31.9 Å². The molecule has 1 aliphatic rings. The van der Waals surface area contributed by atoms with Gasteiger partial charge in [0.1, 0.15) is 5.82 Å². The number of carbonyl (C=O) groups excluding carboxylic acids is 1. The Balaban J connectivity index is 1.77. The number of likely N-dealkylation sites (tertiary alicyclic amines) is 1. The van der Waals surface area contributed by atoms with Crippen molar-refractivity contribution >= 4 is 5.91 Å². The molecular formula is C17H18F3N3O. The van der Waals surface area contributed by atoms with E-state index in [1.165, 1.54) is 12.1 Å². The molecule has 1 unspecified atom stereocenters. The number of rotatable bonds is 2. The van der Waals surface area contributed by atoms with Crippen molar-refractivity contribution in [1.29, 1.82) is 0 Å². The first-order chi connectivity index (χ1) is 11.3. The third-order valence-corrected chi connectivity index (χ3v) is 4.25. The van der Waals surface area contributed by atoms with Crippen molar-refractivity contribution in [3.8, 4) is 0 Å². The highest BCUT2D eigenvalue weighted by Crippen LogP contribution is 2.30. The number of H-pyrrole nitrogens is 1. The van der Waals surface area contributed by atoms with Crippen LogP contribution in [-0.4, -0.2) is 33.9 Å². The fourth-order valence-electron chi connectivity index (χ4n) is 3.04. The Bertz CT molecular complexity index is 739. The minimum Gasteiger partial charge on any atom is -0.346 e. The van der Waals surface area contributed by atoms with Crippen molar-refractivity contribution in [2.75, 3.05) is 13.1 Å². The van der Waals surface area contributed by atoms with Gasteiger partial charge >= 0.3 is 6.18 Å². The number of nitrogens with one attached hydrogen (secondary N) is 1. The molecule has 0 radical (unpaired) electrons. The number of aromatic amines is 1. The molecule has 1 amide bonds. The van der Waals surface area contributed by atoms with Crippen molar-refractivity contribution in [2.24, 2.45) is 0 Å². The maximum absolute atomic E-state index is 12.8. The largest absolute Gasteiger partial charge is 0.416 e. The van der Waals surface area contributed by atoms with E-state index < -0.39 is 11.7 Å². The molecule has 0 aliphatic carbocycles. The summed E-state index contributed by atoms with van der Waals surface area (Å²) < 4.78 is 38.5. The van der Waals surface area contributed by atoms with Gasteiger partial charge in [0.15, 0.2) is 0 Å². The van der Waals surface area contributed by atoms with Gasteiger partial charge in [0, 0.05) is 36.5 Å². The Hall–Kier alpha value is -2.31. The predicted molar refractivity (Wildman–Crippen MR) is 82.6 cm³/mol. The van der Waals surface area contributed by atoms with Gasteiger partial charge in [0.05, 0.1) is 5.56 Å². The molecule has 0 bridgehead atoms. The number of piperidine rings is 1. The van der Waals surface area contributed by atoms with Gasteiger partial charge in [-0.05, 0) is 38.0 Å². The van der Waals surface area contributed by atoms with E-state index in [0.29, 0.717) is 13.1 Å². The lowest BCUT2D eigenvalue weighted by molar-refractivity contribution is -0.137. The summed E-state index contributed by atoms with van der Waals surface area (Å²) in [6, 6.07) is 4.59. The maximum atomic E-state index is 12.8. The minimum atomic E-state index is -4.45. The zero-order chi connectivity index (χ0) is 17.3. The molecule has 128 valence electrons. The van der Waals surface area contributed by atoms with E-state index >= 15 is 0 Å². The Kier molecular flexibility index (Phi) is 4.34. The number of nitrogens with zero attached hydrogens (tertiary/aromatic N) is 2. The number of hydrogen-bond donors (Lipinski definition) is 1. The second kappa shape index (κ2) is 6.30. The minimum absolute atomic E-state index is 0.0705. The average Bonchev–Trinajstić information content (AvgIpc) is 3.00. The Morgan fingerprint density at radius 2 is 2.17 bits per heavy atom. The highest BCUT2D eigenvalue weighted by Gasteiger charge is 2.32. The number of hydrogen-bond acceptors (Lipinski definition) is 2. The number of halogens is 3. The summed E-state index contributed by atoms with van der Waals surface area (Å²) >= 11 is 0. The van der Waals surface area contributed by atoms with Crippen molar-refractivity contribution in [3.63, 3.8) is 0 Å². The monoisotopic (exact) mass is 337 g/mol. The van der Waals surface area contributed by atoms with Crippen LogP contribution >= 0.6 is 0 Å². The fraction of sp³-hybridized carbons (Fsp3) is 0.412. The normalized spacial score (nSPS) is 18.7. The molecule has 2 aromatic rings. The van der Waals surface area contributed by atoms with Crippen LogP contribution in [0.5, 0.6) is 0 Å². The Morgan fingerprint density at radius 1 is 1.38 bits per heavy atom. The first-order valence-electron chi connectivity index (χ1n) is 7.82. The summed E-state index contributed by atoms with van der Waals surface area (Å²) in [4.78, 5) is 21.7. The van der Waals surface area contributed by atoms with Crippen LogP contribution in [-0.2, 0) is 6.18 Å². The number of carbonyl (C=O) groups is 1. The number of aryl methyl sites for hydroxylation is 1. The molecule has 1 saturated heterocycles. The number of aromatic nitrogens is 2. The summed E-state index contributed by atoms with van der Waals surface area (Å²) in [6.07, 6.45) is -1.01. The van der Waals surface area contributed by atoms with Crippen LogP contribution in [0.4, 0.5) is 13.2 Å². The van der Waals surface area contributed by atoms with E-state index in [2.05, 4.69) is 9.97 Å². The zero-order valence-corrected chi connectivity index (χ0v) is 13.2. The van der Waals surface area contributed by atoms with E-state index in [4.69, 9.17) is 0 Å². The van der Waals surface area contributed by atoms with Crippen LogP contribution in [0.25, 0.3) is 0 Å². The fourth-order valence-corrected chi connectivity index (χ4v) is 3.04. The second-order valence-electron chi connectivity index (χ2n) is 6.12. The lowest BCUT2D eigenvalue weighted by atomic mass is 9.96. The first kappa shape index (κ1) is 16.5. The summed E-state index contributed by atoms with van der Waals surface area (Å²) in [7, 11) is 0. The van der Waals surface area contributed by atoms with Gasteiger partial charge in [-0.3, -0.25) is 4.79 Å². The standard InChI is InChI=1S/C17H18F3N3O/c1-11-9-21-15(22-11)13-5-3-7-23(10-13)16(24)12-4-2-6-14(8-12)17(18,19)20/h2,4,6,8-9,13H,3,5,7,10H2,1H3,(H,21,22). The highest BCUT2D eigenvalue weighted by molar-refractivity contribution is 5.94. The Labute approximate surface area is 137 Å². The van der Waals surface area contributed by atoms with Gasteiger partial charge in [-0.15, -0.1) is 0 Å². The summed E-state index contributed by atoms with van der Waals surface area (Å²) in [6.45, 7) is 2.91. The van der Waals surface area contributed by atoms with Gasteiger partial charge in [-0.1, -0.05) is 6.07 Å². The van der Waals surface area contributed by atoms with Crippen molar-refractivity contribution in [3.05, 3.63) is 53.1 Å². The number of amides is 1. The van der Waals surface area contributed by atoms with Gasteiger partial charge in [-0.25, -0.2) is 4.98 Å². The summed E-state index contributed by atoms with van der Waals surface area (Å²) in [5.41, 5.74) is 0.219. The molecule has 0 saturated carbocycles. The van der Waals surface area contributed by atoms with Crippen LogP contribution in [0.1, 0.15) is 46.2 Å². The molecule has 1 aromatic carbocycles. The molecule has 7 heteroatoms. The first-order valence-corrected chi connectivity index (χ1v) is 7.82. The van der Waals surface area contributed by atoms with Crippen LogP contribution in [0.15, 0.2) is 30.5 Å². The van der Waals surface area contributed by atoms with Crippen LogP contribution in [0.3, 0.4) is 0 Å². The molecule has 3 rings (SSSR count). The predicted octanol–water partition coefficient (Wildman–Crippen LogP) is 3.76. The van der Waals surface area contributed by atoms with Gasteiger partial charge < -0.3 is 9.88 Å². The van der Waals surface area contributed by atoms with Crippen LogP contribution in [0.2, 0.25) is 0 Å². The van der Waals surface area contributed by atoms with Crippen LogP contribution in [0, 0.1) is 6.92 Å². The van der Waals surface area contributed by atoms with Crippen LogP contribution < -0.4 is 0 Å². The quantitative estimate of drug-likeness (QED) is 0.907. The van der Waals surface area contributed by atoms with Gasteiger partial charge in [-0.2, -0.15) is 13.2 Å². The SMILES string of the molecule is Cc1cnc(C2CCCN(C(=O)c3cccc(C(F)(F)F)c3)C2)[nH]1. The zero-order valence-electron chi connectivity index (χ0n) is 13.2. The molecule has 24 heavy (non-hydrogen) atoms. The molecule has 1 aliphatic heterocycles. The lowest BCUT2D eigenvalue weighted by Crippen LogP contribution is -2.39. The van der Waals surface area contributed by atoms with E-state index in [9.17, 15) is 18.0 Å². The van der Waals surface area contributed by atoms with Gasteiger partial charge in [0.2, 0.25) is 0 Å². The molecule has 1 atom stereocenters.